The fourth-order valence-electron chi connectivity index (χ4n) is 2.58. The van der Waals surface area contributed by atoms with Crippen LogP contribution in [0.15, 0.2) is 36.7 Å². The molecule has 3 heterocycles. The van der Waals surface area contributed by atoms with Crippen LogP contribution in [0.3, 0.4) is 0 Å². The number of carbonyl (C=O) groups is 2. The Balaban J connectivity index is 1.66. The number of amides is 2. The second-order valence-electron chi connectivity index (χ2n) is 5.39. The van der Waals surface area contributed by atoms with Gasteiger partial charge in [0.15, 0.2) is 0 Å². The predicted octanol–water partition coefficient (Wildman–Crippen LogP) is 1.63. The van der Waals surface area contributed by atoms with Gasteiger partial charge in [-0.3, -0.25) is 9.59 Å². The smallest absolute Gasteiger partial charge is 0.253 e. The summed E-state index contributed by atoms with van der Waals surface area (Å²) in [6, 6.07) is 7.10. The predicted molar refractivity (Wildman–Crippen MR) is 88.2 cm³/mol. The lowest BCUT2D eigenvalue weighted by Gasteiger charge is -2.29. The van der Waals surface area contributed by atoms with Crippen LogP contribution in [0, 0.1) is 0 Å². The lowest BCUT2D eigenvalue weighted by molar-refractivity contribution is -0.132. The highest BCUT2D eigenvalue weighted by Crippen LogP contribution is 2.12. The third-order valence-electron chi connectivity index (χ3n) is 3.81. The maximum absolute atomic E-state index is 12.3. The summed E-state index contributed by atoms with van der Waals surface area (Å²) in [6.45, 7) is 3.28. The summed E-state index contributed by atoms with van der Waals surface area (Å²) in [4.78, 5) is 26.5. The van der Waals surface area contributed by atoms with Gasteiger partial charge in [-0.1, -0.05) is 6.07 Å². The molecule has 116 valence electrons. The molecule has 1 fully saturated rings. The van der Waals surface area contributed by atoms with Crippen molar-refractivity contribution in [3.05, 3.63) is 42.2 Å². The maximum Gasteiger partial charge on any atom is 0.253 e. The third-order valence-corrected chi connectivity index (χ3v) is 4.75. The fourth-order valence-corrected chi connectivity index (χ4v) is 3.48. The number of rotatable bonds is 3. The van der Waals surface area contributed by atoms with Gasteiger partial charge in [0.05, 0.1) is 5.56 Å². The SMILES string of the molecule is CC(NC(=O)c1cc2ccccn2c1)C(=O)N1CCSCC1. The van der Waals surface area contributed by atoms with Gasteiger partial charge in [-0.25, -0.2) is 0 Å². The quantitative estimate of drug-likeness (QED) is 0.936. The van der Waals surface area contributed by atoms with Gasteiger partial charge in [-0.15, -0.1) is 0 Å². The number of nitrogens with one attached hydrogen (secondary N) is 1. The number of hydrogen-bond acceptors (Lipinski definition) is 3. The van der Waals surface area contributed by atoms with Gasteiger partial charge in [-0.2, -0.15) is 11.8 Å². The van der Waals surface area contributed by atoms with E-state index < -0.39 is 6.04 Å². The van der Waals surface area contributed by atoms with Gasteiger partial charge in [0.2, 0.25) is 5.91 Å². The summed E-state index contributed by atoms with van der Waals surface area (Å²) < 4.78 is 1.89. The first-order chi connectivity index (χ1) is 10.6. The van der Waals surface area contributed by atoms with E-state index in [0.29, 0.717) is 5.56 Å². The summed E-state index contributed by atoms with van der Waals surface area (Å²) >= 11 is 1.86. The molecule has 0 radical (unpaired) electrons. The summed E-state index contributed by atoms with van der Waals surface area (Å²) in [7, 11) is 0. The molecule has 3 rings (SSSR count). The standard InChI is InChI=1S/C16H19N3O2S/c1-12(16(21)18-6-8-22-9-7-18)17-15(20)13-10-14-4-2-3-5-19(14)11-13/h2-5,10-12H,6-9H2,1H3,(H,17,20). The maximum atomic E-state index is 12.3. The number of fused-ring (bicyclic) bond motifs is 1. The van der Waals surface area contributed by atoms with E-state index in [4.69, 9.17) is 0 Å². The Hall–Kier alpha value is -1.95. The molecule has 0 aliphatic carbocycles. The molecule has 5 nitrogen and oxygen atoms in total. The Morgan fingerprint density at radius 1 is 1.27 bits per heavy atom. The van der Waals surface area contributed by atoms with Crippen molar-refractivity contribution in [1.82, 2.24) is 14.6 Å². The van der Waals surface area contributed by atoms with Crippen LogP contribution in [0.5, 0.6) is 0 Å². The highest BCUT2D eigenvalue weighted by atomic mass is 32.2. The van der Waals surface area contributed by atoms with Crippen LogP contribution in [0.4, 0.5) is 0 Å². The highest BCUT2D eigenvalue weighted by molar-refractivity contribution is 7.99. The average molecular weight is 317 g/mol. The van der Waals surface area contributed by atoms with Crippen LogP contribution >= 0.6 is 11.8 Å². The van der Waals surface area contributed by atoms with E-state index in [-0.39, 0.29) is 11.8 Å². The van der Waals surface area contributed by atoms with Crippen LogP contribution in [0.1, 0.15) is 17.3 Å². The second-order valence-corrected chi connectivity index (χ2v) is 6.62. The molecule has 6 heteroatoms. The van der Waals surface area contributed by atoms with Crippen LogP contribution in [-0.2, 0) is 4.79 Å². The number of carbonyl (C=O) groups excluding carboxylic acids is 2. The zero-order valence-electron chi connectivity index (χ0n) is 12.5. The molecule has 22 heavy (non-hydrogen) atoms. The van der Waals surface area contributed by atoms with E-state index in [1.54, 1.807) is 13.1 Å². The molecule has 1 atom stereocenters. The molecule has 2 amide bonds. The number of aromatic nitrogens is 1. The van der Waals surface area contributed by atoms with E-state index in [9.17, 15) is 9.59 Å². The summed E-state index contributed by atoms with van der Waals surface area (Å²) in [6.07, 6.45) is 3.67. The van der Waals surface area contributed by atoms with Gasteiger partial charge in [0, 0.05) is 42.5 Å². The molecule has 1 N–H and O–H groups in total. The number of hydrogen-bond donors (Lipinski definition) is 1. The van der Waals surface area contributed by atoms with Crippen LogP contribution in [0.2, 0.25) is 0 Å². The van der Waals surface area contributed by atoms with Crippen molar-refractivity contribution in [2.75, 3.05) is 24.6 Å². The Bertz CT molecular complexity index is 659. The average Bonchev–Trinajstić information content (AvgIpc) is 2.99. The molecule has 0 bridgehead atoms. The summed E-state index contributed by atoms with van der Waals surface area (Å²) in [5.74, 6) is 1.72. The van der Waals surface area contributed by atoms with Gasteiger partial charge in [-0.05, 0) is 25.1 Å². The highest BCUT2D eigenvalue weighted by Gasteiger charge is 2.24. The Kier molecular flexibility index (Phi) is 4.38. The Labute approximate surface area is 133 Å². The molecule has 1 unspecified atom stereocenters. The van der Waals surface area contributed by atoms with Gasteiger partial charge in [0.25, 0.3) is 5.91 Å². The number of nitrogens with zero attached hydrogens (tertiary/aromatic N) is 2. The molecule has 0 spiro atoms. The molecule has 2 aromatic rings. The van der Waals surface area contributed by atoms with E-state index in [1.165, 1.54) is 0 Å². The van der Waals surface area contributed by atoms with Gasteiger partial charge < -0.3 is 14.6 Å². The number of pyridine rings is 1. The van der Waals surface area contributed by atoms with Crippen molar-refractivity contribution in [2.45, 2.75) is 13.0 Å². The van der Waals surface area contributed by atoms with Crippen molar-refractivity contribution >= 4 is 29.1 Å². The monoisotopic (exact) mass is 317 g/mol. The van der Waals surface area contributed by atoms with Crippen molar-refractivity contribution in [1.29, 1.82) is 0 Å². The van der Waals surface area contributed by atoms with E-state index in [2.05, 4.69) is 5.32 Å². The largest absolute Gasteiger partial charge is 0.340 e. The van der Waals surface area contributed by atoms with Crippen molar-refractivity contribution in [3.63, 3.8) is 0 Å². The van der Waals surface area contributed by atoms with Gasteiger partial charge in [0.1, 0.15) is 6.04 Å². The molecule has 0 saturated carbocycles. The molecular formula is C16H19N3O2S. The van der Waals surface area contributed by atoms with E-state index in [0.717, 1.165) is 30.1 Å². The molecule has 1 aliphatic heterocycles. The van der Waals surface area contributed by atoms with E-state index in [1.807, 2.05) is 51.5 Å². The zero-order chi connectivity index (χ0) is 15.5. The second kappa shape index (κ2) is 6.44. The normalized spacial score (nSPS) is 16.5. The lowest BCUT2D eigenvalue weighted by Crippen LogP contribution is -2.49. The fraction of sp³-hybridized carbons (Fsp3) is 0.375. The van der Waals surface area contributed by atoms with Gasteiger partial charge >= 0.3 is 0 Å². The topological polar surface area (TPSA) is 53.8 Å². The first kappa shape index (κ1) is 15.0. The minimum absolute atomic E-state index is 0.00239. The molecule has 0 aromatic carbocycles. The molecule has 1 saturated heterocycles. The van der Waals surface area contributed by atoms with E-state index >= 15 is 0 Å². The van der Waals surface area contributed by atoms with Crippen LogP contribution < -0.4 is 5.32 Å². The van der Waals surface area contributed by atoms with Crippen LogP contribution in [0.25, 0.3) is 5.52 Å². The van der Waals surface area contributed by atoms with Crippen molar-refractivity contribution in [2.24, 2.45) is 0 Å². The Morgan fingerprint density at radius 3 is 2.77 bits per heavy atom. The lowest BCUT2D eigenvalue weighted by atomic mass is 10.2. The minimum atomic E-state index is -0.501. The van der Waals surface area contributed by atoms with Crippen LogP contribution in [-0.4, -0.2) is 51.8 Å². The third kappa shape index (κ3) is 3.11. The summed E-state index contributed by atoms with van der Waals surface area (Å²) in [5, 5.41) is 2.80. The first-order valence-electron chi connectivity index (χ1n) is 7.39. The number of thioether (sulfide) groups is 1. The molecule has 2 aromatic heterocycles. The zero-order valence-corrected chi connectivity index (χ0v) is 13.3. The van der Waals surface area contributed by atoms with Crippen molar-refractivity contribution < 1.29 is 9.59 Å². The minimum Gasteiger partial charge on any atom is -0.340 e. The summed E-state index contributed by atoms with van der Waals surface area (Å²) in [5.41, 5.74) is 1.53. The van der Waals surface area contributed by atoms with Crippen molar-refractivity contribution in [3.8, 4) is 0 Å². The molecule has 1 aliphatic rings. The molecular weight excluding hydrogens is 298 g/mol. The first-order valence-corrected chi connectivity index (χ1v) is 8.55. The Morgan fingerprint density at radius 2 is 2.05 bits per heavy atom.